The Morgan fingerprint density at radius 2 is 2.04 bits per heavy atom. The maximum absolute atomic E-state index is 9.80. The Kier molecular flexibility index (Phi) is 3.24. The fourth-order valence-corrected chi connectivity index (χ4v) is 3.56. The zero-order chi connectivity index (χ0) is 16.4. The van der Waals surface area contributed by atoms with Crippen molar-refractivity contribution in [2.24, 2.45) is 0 Å². The lowest BCUT2D eigenvalue weighted by atomic mass is 9.99. The summed E-state index contributed by atoms with van der Waals surface area (Å²) in [7, 11) is 0. The third-order valence-electron chi connectivity index (χ3n) is 4.45. The number of aliphatic hydroxyl groups excluding tert-OH is 1. The molecule has 2 fully saturated rings. The van der Waals surface area contributed by atoms with E-state index < -0.39 is 17.6 Å². The van der Waals surface area contributed by atoms with Crippen molar-refractivity contribution in [3.63, 3.8) is 0 Å². The number of aromatic nitrogens is 3. The number of fused-ring (bicyclic) bond motifs is 2. The Labute approximate surface area is 138 Å². The second kappa shape index (κ2) is 4.87. The molecule has 124 valence electrons. The van der Waals surface area contributed by atoms with E-state index in [9.17, 15) is 5.11 Å². The average Bonchev–Trinajstić information content (AvgIpc) is 3.12. The summed E-state index contributed by atoms with van der Waals surface area (Å²) >= 11 is 6.12. The van der Waals surface area contributed by atoms with E-state index in [0.717, 1.165) is 5.39 Å². The van der Waals surface area contributed by atoms with Crippen molar-refractivity contribution in [1.29, 1.82) is 0 Å². The first-order valence-electron chi connectivity index (χ1n) is 7.46. The minimum absolute atomic E-state index is 0.168. The van der Waals surface area contributed by atoms with Gasteiger partial charge in [0.05, 0.1) is 12.0 Å². The van der Waals surface area contributed by atoms with Crippen LogP contribution in [-0.4, -0.2) is 49.8 Å². The number of halogens is 1. The molecule has 2 aromatic heterocycles. The number of nitrogens with zero attached hydrogens (tertiary/aromatic N) is 3. The van der Waals surface area contributed by atoms with Crippen LogP contribution in [-0.2, 0) is 14.2 Å². The van der Waals surface area contributed by atoms with Gasteiger partial charge in [-0.1, -0.05) is 11.6 Å². The molecule has 0 bridgehead atoms. The van der Waals surface area contributed by atoms with Crippen molar-refractivity contribution >= 4 is 22.6 Å². The van der Waals surface area contributed by atoms with Crippen molar-refractivity contribution in [1.82, 2.24) is 14.5 Å². The van der Waals surface area contributed by atoms with Gasteiger partial charge in [0.1, 0.15) is 34.9 Å². The van der Waals surface area contributed by atoms with Gasteiger partial charge in [0.15, 0.2) is 12.0 Å². The fraction of sp³-hybridized carbons (Fsp3) is 0.600. The van der Waals surface area contributed by atoms with Gasteiger partial charge in [0.25, 0.3) is 0 Å². The van der Waals surface area contributed by atoms with Crippen LogP contribution in [0.5, 0.6) is 0 Å². The lowest BCUT2D eigenvalue weighted by Crippen LogP contribution is -2.43. The van der Waals surface area contributed by atoms with E-state index >= 15 is 0 Å². The van der Waals surface area contributed by atoms with Gasteiger partial charge >= 0.3 is 0 Å². The van der Waals surface area contributed by atoms with Crippen LogP contribution in [0.25, 0.3) is 11.0 Å². The predicted octanol–water partition coefficient (Wildman–Crippen LogP) is 1.88. The molecular formula is C15H18ClN3O4. The zero-order valence-electron chi connectivity index (χ0n) is 13.1. The van der Waals surface area contributed by atoms with Gasteiger partial charge in [-0.3, -0.25) is 0 Å². The van der Waals surface area contributed by atoms with Crippen LogP contribution < -0.4 is 0 Å². The highest BCUT2D eigenvalue weighted by atomic mass is 35.5. The average molecular weight is 340 g/mol. The summed E-state index contributed by atoms with van der Waals surface area (Å²) in [4.78, 5) is 8.29. The molecule has 7 nitrogen and oxygen atoms in total. The van der Waals surface area contributed by atoms with Crippen LogP contribution in [0.3, 0.4) is 0 Å². The summed E-state index contributed by atoms with van der Waals surface area (Å²) in [6.07, 6.45) is 2.05. The second-order valence-electron chi connectivity index (χ2n) is 6.62. The van der Waals surface area contributed by atoms with Gasteiger partial charge < -0.3 is 23.9 Å². The number of hydrogen-bond donors (Lipinski definition) is 1. The minimum atomic E-state index is -0.851. The smallest absolute Gasteiger partial charge is 0.165 e. The molecule has 0 spiro atoms. The predicted molar refractivity (Wildman–Crippen MR) is 82.0 cm³/mol. The van der Waals surface area contributed by atoms with Crippen molar-refractivity contribution in [3.05, 3.63) is 23.7 Å². The molecule has 4 atom stereocenters. The normalized spacial score (nSPS) is 35.8. The largest absolute Gasteiger partial charge is 0.393 e. The molecule has 0 aromatic carbocycles. The van der Waals surface area contributed by atoms with Crippen LogP contribution in [0, 0.1) is 0 Å². The van der Waals surface area contributed by atoms with Crippen LogP contribution in [0.2, 0.25) is 5.15 Å². The monoisotopic (exact) mass is 339 g/mol. The molecule has 0 unspecified atom stereocenters. The number of ether oxygens (including phenoxy) is 3. The molecule has 1 N–H and O–H groups in total. The van der Waals surface area contributed by atoms with Gasteiger partial charge in [-0.2, -0.15) is 0 Å². The fourth-order valence-electron chi connectivity index (χ4n) is 3.37. The van der Waals surface area contributed by atoms with E-state index in [0.29, 0.717) is 10.8 Å². The number of rotatable bonds is 2. The summed E-state index contributed by atoms with van der Waals surface area (Å²) in [5.41, 5.74) is -0.194. The SMILES string of the molecule is CC1(C)O[C@H]2[C@H](n3ccc4c(Cl)ncnc43)O[C@](C)(CO)[C@H]2O1. The third kappa shape index (κ3) is 2.19. The highest BCUT2D eigenvalue weighted by Crippen LogP contribution is 2.48. The first-order chi connectivity index (χ1) is 10.8. The quantitative estimate of drug-likeness (QED) is 0.842. The van der Waals surface area contributed by atoms with E-state index in [1.807, 2.05) is 37.6 Å². The molecule has 4 heterocycles. The highest BCUT2D eigenvalue weighted by molar-refractivity contribution is 6.33. The molecule has 0 amide bonds. The molecule has 8 heteroatoms. The highest BCUT2D eigenvalue weighted by Gasteiger charge is 2.61. The maximum atomic E-state index is 9.80. The van der Waals surface area contributed by atoms with Crippen molar-refractivity contribution in [2.75, 3.05) is 6.61 Å². The molecule has 23 heavy (non-hydrogen) atoms. The van der Waals surface area contributed by atoms with Crippen LogP contribution in [0.15, 0.2) is 18.6 Å². The number of hydrogen-bond acceptors (Lipinski definition) is 6. The summed E-state index contributed by atoms with van der Waals surface area (Å²) in [5, 5.41) is 10.9. The summed E-state index contributed by atoms with van der Waals surface area (Å²) in [6, 6.07) is 1.84. The first kappa shape index (κ1) is 15.3. The van der Waals surface area contributed by atoms with E-state index in [-0.39, 0.29) is 18.8 Å². The van der Waals surface area contributed by atoms with Crippen molar-refractivity contribution < 1.29 is 19.3 Å². The molecule has 2 saturated heterocycles. The molecule has 2 aliphatic rings. The lowest BCUT2D eigenvalue weighted by Gasteiger charge is -2.30. The molecule has 2 aromatic rings. The van der Waals surface area contributed by atoms with Gasteiger partial charge in [0.2, 0.25) is 0 Å². The molecular weight excluding hydrogens is 322 g/mol. The van der Waals surface area contributed by atoms with Crippen LogP contribution in [0.4, 0.5) is 0 Å². The maximum Gasteiger partial charge on any atom is 0.165 e. The van der Waals surface area contributed by atoms with Crippen LogP contribution in [0.1, 0.15) is 27.0 Å². The Balaban J connectivity index is 1.80. The minimum Gasteiger partial charge on any atom is -0.393 e. The molecule has 2 aliphatic heterocycles. The van der Waals surface area contributed by atoms with Crippen LogP contribution >= 0.6 is 11.6 Å². The van der Waals surface area contributed by atoms with Crippen molar-refractivity contribution in [3.8, 4) is 0 Å². The molecule has 0 saturated carbocycles. The molecule has 0 radical (unpaired) electrons. The summed E-state index contributed by atoms with van der Waals surface area (Å²) < 4.78 is 20.0. The third-order valence-corrected chi connectivity index (χ3v) is 4.75. The standard InChI is InChI=1S/C15H18ClN3O4/c1-14(2)21-9-10(22-14)15(3,6-20)23-13(9)19-5-4-8-11(16)17-7-18-12(8)19/h4-5,7,9-10,13,20H,6H2,1-3H3/t9-,10+,13-,15-/m1/s1. The lowest BCUT2D eigenvalue weighted by molar-refractivity contribution is -0.222. The van der Waals surface area contributed by atoms with Crippen molar-refractivity contribution in [2.45, 2.75) is 50.6 Å². The van der Waals surface area contributed by atoms with Gasteiger partial charge in [-0.05, 0) is 26.8 Å². The second-order valence-corrected chi connectivity index (χ2v) is 6.98. The topological polar surface area (TPSA) is 78.6 Å². The molecule has 0 aliphatic carbocycles. The van der Waals surface area contributed by atoms with Gasteiger partial charge in [0, 0.05) is 6.20 Å². The Morgan fingerprint density at radius 1 is 1.26 bits per heavy atom. The van der Waals surface area contributed by atoms with E-state index in [2.05, 4.69) is 9.97 Å². The number of aliphatic hydroxyl groups is 1. The summed E-state index contributed by atoms with van der Waals surface area (Å²) in [5.74, 6) is -0.733. The Hall–Kier alpha value is -1.25. The van der Waals surface area contributed by atoms with E-state index in [4.69, 9.17) is 25.8 Å². The first-order valence-corrected chi connectivity index (χ1v) is 7.84. The molecule has 4 rings (SSSR count). The van der Waals surface area contributed by atoms with E-state index in [1.165, 1.54) is 6.33 Å². The Bertz CT molecular complexity index is 764. The Morgan fingerprint density at radius 3 is 2.78 bits per heavy atom. The van der Waals surface area contributed by atoms with E-state index in [1.54, 1.807) is 0 Å². The zero-order valence-corrected chi connectivity index (χ0v) is 13.8. The summed E-state index contributed by atoms with van der Waals surface area (Å²) in [6.45, 7) is 5.36. The van der Waals surface area contributed by atoms with Gasteiger partial charge in [-0.25, -0.2) is 9.97 Å². The van der Waals surface area contributed by atoms with Gasteiger partial charge in [-0.15, -0.1) is 0 Å².